The summed E-state index contributed by atoms with van der Waals surface area (Å²) in [7, 11) is 0. The van der Waals surface area contributed by atoms with E-state index in [0.29, 0.717) is 28.1 Å². The molecule has 0 spiro atoms. The van der Waals surface area contributed by atoms with E-state index in [1.165, 1.54) is 11.8 Å². The number of benzene rings is 2. The number of rotatable bonds is 3. The summed E-state index contributed by atoms with van der Waals surface area (Å²) < 4.78 is 10.9. The zero-order chi connectivity index (χ0) is 19.1. The van der Waals surface area contributed by atoms with Crippen molar-refractivity contribution in [2.45, 2.75) is 6.17 Å². The molecule has 1 amide bonds. The molecule has 8 heteroatoms. The number of carbonyl (C=O) groups excluding carboxylic acids is 1. The Bertz CT molecular complexity index is 1140. The van der Waals surface area contributed by atoms with Gasteiger partial charge in [-0.05, 0) is 18.2 Å². The van der Waals surface area contributed by atoms with Crippen molar-refractivity contribution >= 4 is 28.5 Å². The third kappa shape index (κ3) is 2.73. The summed E-state index contributed by atoms with van der Waals surface area (Å²) in [5.74, 6) is 1.81. The maximum absolute atomic E-state index is 12.9. The molecule has 2 aromatic carbocycles. The van der Waals surface area contributed by atoms with Gasteiger partial charge in [-0.15, -0.1) is 11.7 Å². The number of para-hydroxylation sites is 1. The predicted molar refractivity (Wildman–Crippen MR) is 106 cm³/mol. The number of amides is 1. The average molecular weight is 392 g/mol. The molecule has 7 nitrogen and oxygen atoms in total. The van der Waals surface area contributed by atoms with Gasteiger partial charge in [0.2, 0.25) is 6.79 Å². The number of hydrogen-bond acceptors (Lipinski definition) is 7. The van der Waals surface area contributed by atoms with E-state index >= 15 is 0 Å². The van der Waals surface area contributed by atoms with Crippen LogP contribution in [-0.4, -0.2) is 28.6 Å². The molecule has 0 unspecified atom stereocenters. The second-order valence-electron chi connectivity index (χ2n) is 6.28. The Kier molecular flexibility index (Phi) is 4.05. The van der Waals surface area contributed by atoms with Crippen molar-refractivity contribution in [3.8, 4) is 11.5 Å². The smallest absolute Gasteiger partial charge is 0.276 e. The van der Waals surface area contributed by atoms with Gasteiger partial charge in [-0.1, -0.05) is 42.1 Å². The molecule has 3 aliphatic rings. The Labute approximate surface area is 165 Å². The largest absolute Gasteiger partial charge is 0.454 e. The van der Waals surface area contributed by atoms with Crippen LogP contribution in [0.15, 0.2) is 65.2 Å². The van der Waals surface area contributed by atoms with Gasteiger partial charge in [0, 0.05) is 16.5 Å². The second-order valence-corrected chi connectivity index (χ2v) is 7.29. The van der Waals surface area contributed by atoms with Crippen LogP contribution in [0.3, 0.4) is 0 Å². The Morgan fingerprint density at radius 2 is 2.11 bits per heavy atom. The lowest BCUT2D eigenvalue weighted by molar-refractivity contribution is -0.116. The summed E-state index contributed by atoms with van der Waals surface area (Å²) in [6.45, 7) is 3.92. The zero-order valence-electron chi connectivity index (χ0n) is 14.8. The molecule has 2 aromatic rings. The zero-order valence-corrected chi connectivity index (χ0v) is 15.6. The lowest BCUT2D eigenvalue weighted by atomic mass is 10.1. The first-order valence-electron chi connectivity index (χ1n) is 8.74. The van der Waals surface area contributed by atoms with Crippen molar-refractivity contribution < 1.29 is 14.3 Å². The van der Waals surface area contributed by atoms with Crippen molar-refractivity contribution in [3.05, 3.63) is 71.3 Å². The van der Waals surface area contributed by atoms with E-state index in [-0.39, 0.29) is 12.7 Å². The van der Waals surface area contributed by atoms with Crippen LogP contribution in [0.25, 0.3) is 5.70 Å². The van der Waals surface area contributed by atoms with E-state index in [2.05, 4.69) is 17.0 Å². The predicted octanol–water partition coefficient (Wildman–Crippen LogP) is 1.48. The van der Waals surface area contributed by atoms with E-state index in [1.807, 2.05) is 42.5 Å². The fourth-order valence-electron chi connectivity index (χ4n) is 3.32. The molecule has 140 valence electrons. The minimum Gasteiger partial charge on any atom is -0.454 e. The highest BCUT2D eigenvalue weighted by Gasteiger charge is 2.34. The lowest BCUT2D eigenvalue weighted by Gasteiger charge is -2.34. The molecule has 3 heterocycles. The van der Waals surface area contributed by atoms with Crippen LogP contribution in [-0.2, 0) is 4.79 Å². The highest BCUT2D eigenvalue weighted by molar-refractivity contribution is 8.14. The normalized spacial score (nSPS) is 19.2. The van der Waals surface area contributed by atoms with Crippen LogP contribution >= 0.6 is 11.8 Å². The summed E-state index contributed by atoms with van der Waals surface area (Å²) >= 11 is 1.41. The molecule has 3 aliphatic heterocycles. The summed E-state index contributed by atoms with van der Waals surface area (Å²) in [6.07, 6.45) is 1.29. The number of fused-ring (bicyclic) bond motifs is 3. The van der Waals surface area contributed by atoms with Gasteiger partial charge >= 0.3 is 0 Å². The summed E-state index contributed by atoms with van der Waals surface area (Å²) in [6, 6.07) is 13.2. The van der Waals surface area contributed by atoms with E-state index in [0.717, 1.165) is 16.1 Å². The number of hydrazone groups is 1. The maximum atomic E-state index is 12.9. The monoisotopic (exact) mass is 392 g/mol. The minimum atomic E-state index is -0.482. The quantitative estimate of drug-likeness (QED) is 0.801. The molecule has 28 heavy (non-hydrogen) atoms. The molecular weight excluding hydrogens is 376 g/mol. The molecular formula is C20H16N4O3S. The van der Waals surface area contributed by atoms with Crippen LogP contribution in [0.1, 0.15) is 11.7 Å². The fraction of sp³-hybridized carbons (Fsp3) is 0.150. The number of amidine groups is 1. The Morgan fingerprint density at radius 1 is 1.25 bits per heavy atom. The van der Waals surface area contributed by atoms with Gasteiger partial charge in [0.1, 0.15) is 5.70 Å². The molecule has 0 fully saturated rings. The van der Waals surface area contributed by atoms with Crippen LogP contribution in [0.2, 0.25) is 0 Å². The lowest BCUT2D eigenvalue weighted by Crippen LogP contribution is -2.50. The molecule has 0 aliphatic carbocycles. The van der Waals surface area contributed by atoms with Crippen molar-refractivity contribution in [2.75, 3.05) is 12.5 Å². The van der Waals surface area contributed by atoms with E-state index < -0.39 is 6.17 Å². The van der Waals surface area contributed by atoms with E-state index in [1.54, 1.807) is 11.1 Å². The molecule has 0 bridgehead atoms. The topological polar surface area (TPSA) is 75.5 Å². The molecule has 5 rings (SSSR count). The van der Waals surface area contributed by atoms with Gasteiger partial charge in [0.25, 0.3) is 5.91 Å². The highest BCUT2D eigenvalue weighted by atomic mass is 32.2. The Balaban J connectivity index is 1.68. The average Bonchev–Trinajstić information content (AvgIpc) is 3.19. The number of nitrogens with one attached hydrogen (secondary N) is 1. The van der Waals surface area contributed by atoms with Gasteiger partial charge in [0.15, 0.2) is 22.8 Å². The third-order valence-corrected chi connectivity index (χ3v) is 5.41. The van der Waals surface area contributed by atoms with Gasteiger partial charge < -0.3 is 9.47 Å². The highest BCUT2D eigenvalue weighted by Crippen LogP contribution is 2.37. The van der Waals surface area contributed by atoms with Gasteiger partial charge in [-0.3, -0.25) is 15.1 Å². The van der Waals surface area contributed by atoms with Gasteiger partial charge in [-0.25, -0.2) is 5.01 Å². The minimum absolute atomic E-state index is 0.199. The standard InChI is InChI=1S/C20H16N4O3S/c1-2-9-28-20-22-19(25)17-13-5-3-4-6-14(13)21-18(24(17)23-20)12-7-8-15-16(10-12)27-11-26-15/h2-8,10,18H,1,9,11H2,(H,22,23,25)/t18-/m0/s1. The van der Waals surface area contributed by atoms with Crippen molar-refractivity contribution in [3.63, 3.8) is 0 Å². The number of thioether (sulfide) groups is 1. The first kappa shape index (κ1) is 16.9. The second kappa shape index (κ2) is 6.72. The molecule has 1 atom stereocenters. The number of hydrogen-bond donors (Lipinski definition) is 1. The molecule has 0 saturated heterocycles. The van der Waals surface area contributed by atoms with Crippen molar-refractivity contribution in [1.29, 1.82) is 0 Å². The van der Waals surface area contributed by atoms with Crippen LogP contribution < -0.4 is 25.4 Å². The number of ether oxygens (including phenoxy) is 2. The SMILES string of the molecule is C=CCSC1=NN2C(=c3ccccc3=N[C@@H]2c2ccc3c(c2)OCO3)C(=O)N1. The van der Waals surface area contributed by atoms with Gasteiger partial charge in [-0.2, -0.15) is 0 Å². The summed E-state index contributed by atoms with van der Waals surface area (Å²) in [5, 5.41) is 11.3. The van der Waals surface area contributed by atoms with Crippen LogP contribution in [0.4, 0.5) is 0 Å². The van der Waals surface area contributed by atoms with Gasteiger partial charge in [0.05, 0.1) is 5.36 Å². The van der Waals surface area contributed by atoms with Crippen molar-refractivity contribution in [1.82, 2.24) is 10.3 Å². The number of carbonyl (C=O) groups is 1. The first-order valence-corrected chi connectivity index (χ1v) is 9.73. The Hall–Kier alpha value is -3.26. The van der Waals surface area contributed by atoms with E-state index in [9.17, 15) is 4.79 Å². The maximum Gasteiger partial charge on any atom is 0.276 e. The molecule has 0 aromatic heterocycles. The molecule has 1 N–H and O–H groups in total. The number of nitrogens with zero attached hydrogens (tertiary/aromatic N) is 3. The Morgan fingerprint density at radius 3 is 3.00 bits per heavy atom. The van der Waals surface area contributed by atoms with Crippen molar-refractivity contribution in [2.24, 2.45) is 10.1 Å². The third-order valence-electron chi connectivity index (χ3n) is 4.55. The summed E-state index contributed by atoms with van der Waals surface area (Å²) in [4.78, 5) is 17.8. The summed E-state index contributed by atoms with van der Waals surface area (Å²) in [5.41, 5.74) is 1.35. The first-order chi connectivity index (χ1) is 13.7. The van der Waals surface area contributed by atoms with Crippen LogP contribution in [0, 0.1) is 0 Å². The van der Waals surface area contributed by atoms with Crippen LogP contribution in [0.5, 0.6) is 11.5 Å². The van der Waals surface area contributed by atoms with E-state index in [4.69, 9.17) is 14.5 Å². The molecule has 0 radical (unpaired) electrons. The molecule has 0 saturated carbocycles. The fourth-order valence-corrected chi connectivity index (χ4v) is 3.91.